The predicted octanol–water partition coefficient (Wildman–Crippen LogP) is 5.21. The lowest BCUT2D eigenvalue weighted by Crippen LogP contribution is -2.40. The van der Waals surface area contributed by atoms with Crippen molar-refractivity contribution in [2.75, 3.05) is 46.2 Å². The monoisotopic (exact) mass is 455 g/mol. The predicted molar refractivity (Wildman–Crippen MR) is 131 cm³/mol. The first-order valence-electron chi connectivity index (χ1n) is 13.0. The molecule has 0 aromatic rings. The molecule has 0 aromatic heterocycles. The summed E-state index contributed by atoms with van der Waals surface area (Å²) in [7, 11) is 0. The molecule has 0 radical (unpaired) electrons. The first-order chi connectivity index (χ1) is 15.8. The molecule has 0 aliphatic carbocycles. The van der Waals surface area contributed by atoms with Crippen LogP contribution in [0.5, 0.6) is 0 Å². The van der Waals surface area contributed by atoms with Gasteiger partial charge < -0.3 is 24.4 Å². The highest BCUT2D eigenvalue weighted by atomic mass is 16.5. The maximum atomic E-state index is 8.93. The number of nitrogens with zero attached hydrogens (tertiary/aromatic N) is 1. The molecule has 0 fully saturated rings. The molecule has 1 heterocycles. The second-order valence-corrected chi connectivity index (χ2v) is 8.91. The summed E-state index contributed by atoms with van der Waals surface area (Å²) >= 11 is 0. The van der Waals surface area contributed by atoms with Crippen molar-refractivity contribution < 1.29 is 24.4 Å². The number of allylic oxidation sites excluding steroid dienone is 2. The van der Waals surface area contributed by atoms with Gasteiger partial charge in [-0.2, -0.15) is 0 Å². The van der Waals surface area contributed by atoms with Crippen molar-refractivity contribution in [1.82, 2.24) is 0 Å². The van der Waals surface area contributed by atoms with E-state index in [1.807, 2.05) is 0 Å². The van der Waals surface area contributed by atoms with Gasteiger partial charge in [0, 0.05) is 6.42 Å². The van der Waals surface area contributed by atoms with Crippen molar-refractivity contribution >= 4 is 5.90 Å². The number of hydrogen-bond acceptors (Lipinski definition) is 6. The number of rotatable bonds is 23. The summed E-state index contributed by atoms with van der Waals surface area (Å²) in [6.45, 7) is 3.94. The lowest BCUT2D eigenvalue weighted by molar-refractivity contribution is -0.00334. The standard InChI is InChI=1S/C26H49NO5/c1-2-3-4-5-6-7-8-9-10-11-12-13-14-15-16-17-25-27-26(24-32-25,22-30-20-18-28)23-31-21-19-29/h9-10,28-29H,2-8,11-24H2,1H3/b10-9+. The lowest BCUT2D eigenvalue weighted by atomic mass is 10.1. The van der Waals surface area contributed by atoms with Gasteiger partial charge >= 0.3 is 0 Å². The van der Waals surface area contributed by atoms with E-state index in [0.717, 1.165) is 18.7 Å². The minimum atomic E-state index is -0.554. The van der Waals surface area contributed by atoms with Gasteiger partial charge in [0.15, 0.2) is 5.90 Å². The molecule has 0 saturated heterocycles. The molecule has 0 unspecified atom stereocenters. The molecule has 1 rings (SSSR count). The molecule has 0 atom stereocenters. The Bertz CT molecular complexity index is 471. The Morgan fingerprint density at radius 1 is 0.812 bits per heavy atom. The first kappa shape index (κ1) is 29.1. The Balaban J connectivity index is 2.07. The van der Waals surface area contributed by atoms with Crippen LogP contribution in [0.1, 0.15) is 96.8 Å². The molecule has 32 heavy (non-hydrogen) atoms. The molecule has 188 valence electrons. The first-order valence-corrected chi connectivity index (χ1v) is 13.0. The van der Waals surface area contributed by atoms with Crippen molar-refractivity contribution in [3.05, 3.63) is 12.2 Å². The molecule has 0 aromatic carbocycles. The fourth-order valence-corrected chi connectivity index (χ4v) is 3.86. The van der Waals surface area contributed by atoms with Gasteiger partial charge in [-0.05, 0) is 32.1 Å². The zero-order valence-corrected chi connectivity index (χ0v) is 20.6. The lowest BCUT2D eigenvalue weighted by Gasteiger charge is -2.23. The van der Waals surface area contributed by atoms with Gasteiger partial charge in [-0.3, -0.25) is 0 Å². The van der Waals surface area contributed by atoms with Crippen molar-refractivity contribution in [3.63, 3.8) is 0 Å². The highest BCUT2D eigenvalue weighted by molar-refractivity contribution is 5.78. The molecule has 1 aliphatic rings. The Morgan fingerprint density at radius 2 is 1.34 bits per heavy atom. The largest absolute Gasteiger partial charge is 0.478 e. The Morgan fingerprint density at radius 3 is 1.91 bits per heavy atom. The van der Waals surface area contributed by atoms with Gasteiger partial charge in [0.1, 0.15) is 12.1 Å². The van der Waals surface area contributed by atoms with Crippen LogP contribution in [0.15, 0.2) is 17.1 Å². The van der Waals surface area contributed by atoms with Crippen LogP contribution in [0.4, 0.5) is 0 Å². The summed E-state index contributed by atoms with van der Waals surface area (Å²) in [5.74, 6) is 0.780. The Labute approximate surface area is 196 Å². The van der Waals surface area contributed by atoms with Gasteiger partial charge in [0.25, 0.3) is 0 Å². The average Bonchev–Trinajstić information content (AvgIpc) is 3.20. The van der Waals surface area contributed by atoms with E-state index in [-0.39, 0.29) is 26.4 Å². The van der Waals surface area contributed by atoms with E-state index in [0.29, 0.717) is 19.8 Å². The van der Waals surface area contributed by atoms with Gasteiger partial charge in [-0.25, -0.2) is 4.99 Å². The quantitative estimate of drug-likeness (QED) is 0.163. The average molecular weight is 456 g/mol. The van der Waals surface area contributed by atoms with Crippen LogP contribution in [0, 0.1) is 0 Å². The van der Waals surface area contributed by atoms with Gasteiger partial charge in [0.2, 0.25) is 0 Å². The second kappa shape index (κ2) is 20.6. The van der Waals surface area contributed by atoms with Crippen LogP contribution < -0.4 is 0 Å². The molecule has 6 heteroatoms. The van der Waals surface area contributed by atoms with Crippen molar-refractivity contribution in [3.8, 4) is 0 Å². The third-order valence-electron chi connectivity index (χ3n) is 5.73. The zero-order chi connectivity index (χ0) is 23.2. The summed E-state index contributed by atoms with van der Waals surface area (Å²) in [4.78, 5) is 4.74. The van der Waals surface area contributed by atoms with Gasteiger partial charge in [-0.15, -0.1) is 0 Å². The second-order valence-electron chi connectivity index (χ2n) is 8.91. The third kappa shape index (κ3) is 15.0. The number of hydrogen-bond donors (Lipinski definition) is 2. The number of aliphatic imine (C=N–C) groups is 1. The molecule has 0 amide bonds. The van der Waals surface area contributed by atoms with E-state index in [2.05, 4.69) is 19.1 Å². The van der Waals surface area contributed by atoms with E-state index < -0.39 is 5.54 Å². The highest BCUT2D eigenvalue weighted by Gasteiger charge is 2.37. The smallest absolute Gasteiger partial charge is 0.184 e. The van der Waals surface area contributed by atoms with Crippen LogP contribution in [-0.2, 0) is 14.2 Å². The van der Waals surface area contributed by atoms with Crippen molar-refractivity contribution in [1.29, 1.82) is 0 Å². The summed E-state index contributed by atoms with van der Waals surface area (Å²) in [6.07, 6.45) is 22.3. The normalized spacial score (nSPS) is 15.4. The van der Waals surface area contributed by atoms with E-state index in [4.69, 9.17) is 29.4 Å². The van der Waals surface area contributed by atoms with Gasteiger partial charge in [-0.1, -0.05) is 70.4 Å². The SMILES string of the molecule is CCCCCCCC/C=C/CCCCCCCC1=NC(COCCO)(COCCO)CO1. The minimum Gasteiger partial charge on any atom is -0.478 e. The maximum absolute atomic E-state index is 8.93. The fraction of sp³-hybridized carbons (Fsp3) is 0.885. The summed E-state index contributed by atoms with van der Waals surface area (Å²) in [6, 6.07) is 0. The van der Waals surface area contributed by atoms with E-state index in [1.54, 1.807) is 0 Å². The molecular formula is C26H49NO5. The third-order valence-corrected chi connectivity index (χ3v) is 5.73. The minimum absolute atomic E-state index is 0.0140. The summed E-state index contributed by atoms with van der Waals surface area (Å²) in [5.41, 5.74) is -0.554. The number of ether oxygens (including phenoxy) is 3. The Hall–Kier alpha value is -0.950. The van der Waals surface area contributed by atoms with Crippen LogP contribution in [0.2, 0.25) is 0 Å². The van der Waals surface area contributed by atoms with Gasteiger partial charge in [0.05, 0.1) is 39.6 Å². The maximum Gasteiger partial charge on any atom is 0.184 e. The zero-order valence-electron chi connectivity index (χ0n) is 20.6. The molecule has 0 bridgehead atoms. The molecule has 2 N–H and O–H groups in total. The van der Waals surface area contributed by atoms with Crippen LogP contribution in [-0.4, -0.2) is 67.9 Å². The van der Waals surface area contributed by atoms with Crippen molar-refractivity contribution in [2.24, 2.45) is 4.99 Å². The molecule has 6 nitrogen and oxygen atoms in total. The van der Waals surface area contributed by atoms with Crippen molar-refractivity contribution in [2.45, 2.75) is 102 Å². The summed E-state index contributed by atoms with van der Waals surface area (Å²) in [5, 5.41) is 17.9. The Kier molecular flexibility index (Phi) is 18.8. The number of aliphatic hydroxyl groups excluding tert-OH is 2. The number of aliphatic hydroxyl groups is 2. The fourth-order valence-electron chi connectivity index (χ4n) is 3.86. The van der Waals surface area contributed by atoms with E-state index in [9.17, 15) is 0 Å². The van der Waals surface area contributed by atoms with Crippen LogP contribution in [0.3, 0.4) is 0 Å². The molecular weight excluding hydrogens is 406 g/mol. The van der Waals surface area contributed by atoms with E-state index >= 15 is 0 Å². The van der Waals surface area contributed by atoms with Crippen LogP contribution in [0.25, 0.3) is 0 Å². The molecule has 1 aliphatic heterocycles. The molecule has 0 spiro atoms. The van der Waals surface area contributed by atoms with E-state index in [1.165, 1.54) is 77.0 Å². The summed E-state index contributed by atoms with van der Waals surface area (Å²) < 4.78 is 16.8. The van der Waals surface area contributed by atoms with Crippen LogP contribution >= 0.6 is 0 Å². The topological polar surface area (TPSA) is 80.5 Å². The number of unbranched alkanes of at least 4 members (excludes halogenated alkanes) is 11. The highest BCUT2D eigenvalue weighted by Crippen LogP contribution is 2.23. The molecule has 0 saturated carbocycles.